The minimum Gasteiger partial charge on any atom is -0.349 e. The standard InChI is InChI=1S/C27H28BrF2N3O2/c1-15-21-11-16(27(21,2)3)12-24(15)31-25(34)20-14-32(13-19-22(29)5-4-6-23(19)30)33(26(20)35)18-9-7-17(28)8-10-18/h4-10,14-16,21,24H,11-13H2,1-3H3,(H,31,34)/t15-,16?,21-,24?/m1/s1. The van der Waals surface area contributed by atoms with Gasteiger partial charge in [-0.25, -0.2) is 13.5 Å². The third-order valence-corrected chi connectivity index (χ3v) is 8.85. The van der Waals surface area contributed by atoms with E-state index in [0.717, 1.165) is 10.9 Å². The van der Waals surface area contributed by atoms with Gasteiger partial charge in [0.1, 0.15) is 17.2 Å². The van der Waals surface area contributed by atoms with Gasteiger partial charge < -0.3 is 5.32 Å². The molecular weight excluding hydrogens is 516 g/mol. The molecule has 3 aliphatic rings. The first-order chi connectivity index (χ1) is 16.6. The molecule has 0 radical (unpaired) electrons. The maximum atomic E-state index is 14.4. The van der Waals surface area contributed by atoms with Crippen molar-refractivity contribution in [1.82, 2.24) is 14.7 Å². The second-order valence-electron chi connectivity index (χ2n) is 10.5. The summed E-state index contributed by atoms with van der Waals surface area (Å²) in [7, 11) is 0. The van der Waals surface area contributed by atoms with E-state index < -0.39 is 23.1 Å². The molecule has 1 heterocycles. The summed E-state index contributed by atoms with van der Waals surface area (Å²) in [6.07, 6.45) is 3.46. The number of nitrogens with one attached hydrogen (secondary N) is 1. The number of rotatable bonds is 5. The number of nitrogens with zero attached hydrogens (tertiary/aromatic N) is 2. The molecule has 1 aromatic heterocycles. The third kappa shape index (κ3) is 4.05. The predicted molar refractivity (Wildman–Crippen MR) is 134 cm³/mol. The van der Waals surface area contributed by atoms with E-state index in [4.69, 9.17) is 0 Å². The highest BCUT2D eigenvalue weighted by atomic mass is 79.9. The Morgan fingerprint density at radius 1 is 1.11 bits per heavy atom. The Morgan fingerprint density at radius 3 is 2.37 bits per heavy atom. The van der Waals surface area contributed by atoms with E-state index in [9.17, 15) is 18.4 Å². The number of aromatic nitrogens is 2. The first-order valence-electron chi connectivity index (χ1n) is 11.9. The molecule has 8 heteroatoms. The van der Waals surface area contributed by atoms with Crippen LogP contribution in [0.25, 0.3) is 5.69 Å². The highest BCUT2D eigenvalue weighted by Gasteiger charge is 2.56. The van der Waals surface area contributed by atoms with Crippen molar-refractivity contribution in [2.24, 2.45) is 23.2 Å². The molecule has 3 fully saturated rings. The molecule has 184 valence electrons. The van der Waals surface area contributed by atoms with Crippen LogP contribution >= 0.6 is 15.9 Å². The van der Waals surface area contributed by atoms with Gasteiger partial charge in [0.25, 0.3) is 11.5 Å². The van der Waals surface area contributed by atoms with Crippen LogP contribution < -0.4 is 10.9 Å². The number of carbonyl (C=O) groups is 1. The Kier molecular flexibility index (Phi) is 5.98. The van der Waals surface area contributed by atoms with Gasteiger partial charge in [0, 0.05) is 22.3 Å². The molecule has 35 heavy (non-hydrogen) atoms. The minimum atomic E-state index is -0.711. The van der Waals surface area contributed by atoms with Gasteiger partial charge in [-0.05, 0) is 72.4 Å². The normalized spacial score (nSPS) is 24.6. The summed E-state index contributed by atoms with van der Waals surface area (Å²) in [5.41, 5.74) is 0.0136. The molecule has 2 bridgehead atoms. The molecule has 3 aliphatic carbocycles. The van der Waals surface area contributed by atoms with Crippen LogP contribution in [0.1, 0.15) is 49.5 Å². The van der Waals surface area contributed by atoms with Gasteiger partial charge in [-0.2, -0.15) is 0 Å². The molecule has 1 amide bonds. The van der Waals surface area contributed by atoms with Gasteiger partial charge in [-0.15, -0.1) is 0 Å². The predicted octanol–water partition coefficient (Wildman–Crippen LogP) is 5.53. The second kappa shape index (κ2) is 8.73. The van der Waals surface area contributed by atoms with Crippen LogP contribution in [0.15, 0.2) is 57.9 Å². The summed E-state index contributed by atoms with van der Waals surface area (Å²) in [5.74, 6) is -0.469. The lowest BCUT2D eigenvalue weighted by atomic mass is 9.45. The van der Waals surface area contributed by atoms with Crippen LogP contribution in [0, 0.1) is 34.8 Å². The third-order valence-electron chi connectivity index (χ3n) is 8.33. The fourth-order valence-corrected chi connectivity index (χ4v) is 6.31. The van der Waals surface area contributed by atoms with Crippen LogP contribution in [0.3, 0.4) is 0 Å². The summed E-state index contributed by atoms with van der Waals surface area (Å²) in [5, 5.41) is 3.09. The average Bonchev–Trinajstić information content (AvgIpc) is 3.13. The summed E-state index contributed by atoms with van der Waals surface area (Å²) in [6.45, 7) is 6.51. The first-order valence-corrected chi connectivity index (χ1v) is 12.7. The van der Waals surface area contributed by atoms with Crippen LogP contribution in [0.5, 0.6) is 0 Å². The molecule has 0 aliphatic heterocycles. The second-order valence-corrected chi connectivity index (χ2v) is 11.4. The maximum absolute atomic E-state index is 14.4. The zero-order chi connectivity index (χ0) is 25.1. The fourth-order valence-electron chi connectivity index (χ4n) is 6.04. The van der Waals surface area contributed by atoms with Crippen molar-refractivity contribution in [2.45, 2.75) is 46.2 Å². The molecular formula is C27H28BrF2N3O2. The van der Waals surface area contributed by atoms with Crippen LogP contribution in [0.2, 0.25) is 0 Å². The number of amides is 1. The van der Waals surface area contributed by atoms with E-state index in [-0.39, 0.29) is 29.1 Å². The molecule has 2 unspecified atom stereocenters. The zero-order valence-electron chi connectivity index (χ0n) is 19.9. The summed E-state index contributed by atoms with van der Waals surface area (Å²) >= 11 is 3.38. The van der Waals surface area contributed by atoms with Crippen molar-refractivity contribution >= 4 is 21.8 Å². The first kappa shape index (κ1) is 24.0. The lowest BCUT2D eigenvalue weighted by Crippen LogP contribution is -2.60. The molecule has 0 saturated heterocycles. The number of carbonyl (C=O) groups excluding carboxylic acids is 1. The zero-order valence-corrected chi connectivity index (χ0v) is 21.5. The molecule has 1 N–H and O–H groups in total. The fraction of sp³-hybridized carbons (Fsp3) is 0.407. The van der Waals surface area contributed by atoms with Crippen molar-refractivity contribution in [3.05, 3.63) is 86.2 Å². The van der Waals surface area contributed by atoms with Gasteiger partial charge in [-0.1, -0.05) is 42.8 Å². The Morgan fingerprint density at radius 2 is 1.77 bits per heavy atom. The van der Waals surface area contributed by atoms with Gasteiger partial charge >= 0.3 is 0 Å². The average molecular weight is 544 g/mol. The van der Waals surface area contributed by atoms with E-state index in [1.165, 1.54) is 40.2 Å². The van der Waals surface area contributed by atoms with Gasteiger partial charge in [-0.3, -0.25) is 14.3 Å². The lowest BCUT2D eigenvalue weighted by Gasteiger charge is -2.62. The van der Waals surface area contributed by atoms with Crippen LogP contribution in [-0.2, 0) is 6.54 Å². The number of hydrogen-bond donors (Lipinski definition) is 1. The number of halogens is 3. The Bertz CT molecular complexity index is 1330. The van der Waals surface area contributed by atoms with Crippen molar-refractivity contribution in [3.63, 3.8) is 0 Å². The quantitative estimate of drug-likeness (QED) is 0.460. The van der Waals surface area contributed by atoms with Crippen LogP contribution in [0.4, 0.5) is 8.78 Å². The molecule has 3 saturated carbocycles. The Labute approximate surface area is 211 Å². The lowest BCUT2D eigenvalue weighted by molar-refractivity contribution is -0.113. The molecule has 4 atom stereocenters. The monoisotopic (exact) mass is 543 g/mol. The molecule has 5 nitrogen and oxygen atoms in total. The van der Waals surface area contributed by atoms with Gasteiger partial charge in [0.2, 0.25) is 0 Å². The highest BCUT2D eigenvalue weighted by molar-refractivity contribution is 9.10. The van der Waals surface area contributed by atoms with Crippen molar-refractivity contribution in [2.75, 3.05) is 0 Å². The maximum Gasteiger partial charge on any atom is 0.284 e. The van der Waals surface area contributed by atoms with E-state index >= 15 is 0 Å². The van der Waals surface area contributed by atoms with Gasteiger partial charge in [0.05, 0.1) is 12.2 Å². The molecule has 0 spiro atoms. The number of benzene rings is 2. The Balaban J connectivity index is 1.50. The summed E-state index contributed by atoms with van der Waals surface area (Å²) < 4.78 is 32.3. The summed E-state index contributed by atoms with van der Waals surface area (Å²) in [4.78, 5) is 26.8. The smallest absolute Gasteiger partial charge is 0.284 e. The largest absolute Gasteiger partial charge is 0.349 e. The van der Waals surface area contributed by atoms with E-state index in [1.807, 2.05) is 0 Å². The SMILES string of the molecule is C[C@H]1C(NC(=O)c2cn(Cc3c(F)cccc3F)n(-c3ccc(Br)cc3)c2=O)CC2C[C@H]1C2(C)C. The number of hydrogen-bond acceptors (Lipinski definition) is 2. The van der Waals surface area contributed by atoms with E-state index in [1.54, 1.807) is 24.3 Å². The van der Waals surface area contributed by atoms with Crippen LogP contribution in [-0.4, -0.2) is 21.3 Å². The number of fused-ring (bicyclic) bond motifs is 2. The van der Waals surface area contributed by atoms with E-state index in [0.29, 0.717) is 23.4 Å². The topological polar surface area (TPSA) is 56.0 Å². The summed E-state index contributed by atoms with van der Waals surface area (Å²) in [6, 6.07) is 10.6. The van der Waals surface area contributed by atoms with E-state index in [2.05, 4.69) is 42.0 Å². The van der Waals surface area contributed by atoms with Crippen molar-refractivity contribution < 1.29 is 13.6 Å². The van der Waals surface area contributed by atoms with Crippen molar-refractivity contribution in [1.29, 1.82) is 0 Å². The molecule has 2 aromatic carbocycles. The van der Waals surface area contributed by atoms with Crippen molar-refractivity contribution in [3.8, 4) is 5.69 Å². The molecule has 3 aromatic rings. The van der Waals surface area contributed by atoms with Gasteiger partial charge in [0.15, 0.2) is 0 Å². The highest BCUT2D eigenvalue weighted by Crippen LogP contribution is 2.61. The minimum absolute atomic E-state index is 0.00725. The molecule has 6 rings (SSSR count). The Hall–Kier alpha value is -2.74.